The van der Waals surface area contributed by atoms with Crippen molar-refractivity contribution in [2.24, 2.45) is 0 Å². The lowest BCUT2D eigenvalue weighted by Crippen LogP contribution is -2.11. The molecule has 1 N–H and O–H groups in total. The van der Waals surface area contributed by atoms with Crippen molar-refractivity contribution in [3.05, 3.63) is 163 Å². The number of aryl methyl sites for hydroxylation is 1. The summed E-state index contributed by atoms with van der Waals surface area (Å²) in [5.41, 5.74) is 13.3. The fourth-order valence-electron chi connectivity index (χ4n) is 6.86. The molecule has 8 aromatic rings. The fourth-order valence-corrected chi connectivity index (χ4v) is 6.86. The van der Waals surface area contributed by atoms with Crippen molar-refractivity contribution in [2.75, 3.05) is 0 Å². The van der Waals surface area contributed by atoms with Crippen molar-refractivity contribution in [1.29, 1.82) is 0 Å². The number of nitrogens with zero attached hydrogens (tertiary/aromatic N) is 4. The average Bonchev–Trinajstić information content (AvgIpc) is 3.55. The number of fused-ring (bicyclic) bond motifs is 1. The van der Waals surface area contributed by atoms with Gasteiger partial charge in [-0.1, -0.05) is 124 Å². The number of aromatic hydroxyl groups is 1. The molecular formula is C46H38N4O. The van der Waals surface area contributed by atoms with E-state index in [1.807, 2.05) is 60.9 Å². The van der Waals surface area contributed by atoms with Gasteiger partial charge in [0, 0.05) is 29.2 Å². The van der Waals surface area contributed by atoms with Gasteiger partial charge in [-0.2, -0.15) is 0 Å². The number of phenolic OH excluding ortho intramolecular Hbond substituents is 1. The van der Waals surface area contributed by atoms with Crippen LogP contribution in [0.25, 0.3) is 72.9 Å². The zero-order valence-corrected chi connectivity index (χ0v) is 29.2. The van der Waals surface area contributed by atoms with Gasteiger partial charge in [0.25, 0.3) is 0 Å². The highest BCUT2D eigenvalue weighted by atomic mass is 16.3. The van der Waals surface area contributed by atoms with Crippen LogP contribution in [0.2, 0.25) is 0 Å². The summed E-state index contributed by atoms with van der Waals surface area (Å²) in [7, 11) is 0. The summed E-state index contributed by atoms with van der Waals surface area (Å²) in [4.78, 5) is 15.0. The largest absolute Gasteiger partial charge is 0.507 e. The van der Waals surface area contributed by atoms with Crippen LogP contribution in [0.5, 0.6) is 5.75 Å². The third-order valence-corrected chi connectivity index (χ3v) is 9.51. The quantitative estimate of drug-likeness (QED) is 0.192. The highest BCUT2D eigenvalue weighted by Gasteiger charge is 2.25. The summed E-state index contributed by atoms with van der Waals surface area (Å²) in [6.07, 6.45) is 3.79. The van der Waals surface area contributed by atoms with Gasteiger partial charge in [0.1, 0.15) is 17.1 Å². The van der Waals surface area contributed by atoms with E-state index < -0.39 is 0 Å². The number of pyridine rings is 2. The van der Waals surface area contributed by atoms with Crippen LogP contribution in [0.1, 0.15) is 31.9 Å². The van der Waals surface area contributed by atoms with Gasteiger partial charge >= 0.3 is 0 Å². The normalized spacial score (nSPS) is 11.6. The van der Waals surface area contributed by atoms with Crippen LogP contribution in [0.3, 0.4) is 0 Å². The topological polar surface area (TPSA) is 63.8 Å². The number of hydrogen-bond acceptors (Lipinski definition) is 4. The van der Waals surface area contributed by atoms with E-state index in [-0.39, 0.29) is 11.2 Å². The molecule has 0 aliphatic carbocycles. The Balaban J connectivity index is 1.23. The first-order valence-corrected chi connectivity index (χ1v) is 17.3. The number of aromatic nitrogens is 4. The van der Waals surface area contributed by atoms with Crippen LogP contribution in [0, 0.1) is 6.92 Å². The van der Waals surface area contributed by atoms with Crippen LogP contribution in [0.4, 0.5) is 0 Å². The summed E-state index contributed by atoms with van der Waals surface area (Å²) in [5, 5.41) is 11.6. The molecule has 5 aromatic carbocycles. The number of hydrogen-bond donors (Lipinski definition) is 1. The van der Waals surface area contributed by atoms with Crippen LogP contribution >= 0.6 is 0 Å². The predicted molar refractivity (Wildman–Crippen MR) is 209 cm³/mol. The molecule has 3 heterocycles. The number of benzene rings is 5. The van der Waals surface area contributed by atoms with E-state index in [1.54, 1.807) is 0 Å². The predicted octanol–water partition coefficient (Wildman–Crippen LogP) is 11.5. The van der Waals surface area contributed by atoms with Gasteiger partial charge in [-0.25, -0.2) is 4.98 Å². The summed E-state index contributed by atoms with van der Waals surface area (Å²) in [6.45, 7) is 8.42. The molecule has 3 aromatic heterocycles. The summed E-state index contributed by atoms with van der Waals surface area (Å²) in [5.74, 6) is 0.901. The van der Waals surface area contributed by atoms with Crippen LogP contribution in [-0.2, 0) is 5.41 Å². The highest BCUT2D eigenvalue weighted by molar-refractivity contribution is 5.94. The molecule has 0 amide bonds. The average molecular weight is 663 g/mol. The van der Waals surface area contributed by atoms with E-state index in [0.717, 1.165) is 61.5 Å². The summed E-state index contributed by atoms with van der Waals surface area (Å²) >= 11 is 0. The monoisotopic (exact) mass is 662 g/mol. The zero-order valence-electron chi connectivity index (χ0n) is 29.2. The minimum atomic E-state index is -0.244. The molecule has 0 fully saturated rings. The third-order valence-electron chi connectivity index (χ3n) is 9.51. The Labute approximate surface area is 298 Å². The Hall–Kier alpha value is -6.33. The lowest BCUT2D eigenvalue weighted by Gasteiger charge is -2.22. The Morgan fingerprint density at radius 2 is 1.24 bits per heavy atom. The van der Waals surface area contributed by atoms with Crippen molar-refractivity contribution >= 4 is 11.0 Å². The van der Waals surface area contributed by atoms with E-state index in [4.69, 9.17) is 15.0 Å². The second-order valence-corrected chi connectivity index (χ2v) is 14.0. The lowest BCUT2D eigenvalue weighted by atomic mass is 9.85. The first kappa shape index (κ1) is 31.9. The Bertz CT molecular complexity index is 2510. The van der Waals surface area contributed by atoms with E-state index >= 15 is 0 Å². The van der Waals surface area contributed by atoms with Gasteiger partial charge in [0.2, 0.25) is 0 Å². The molecule has 5 heteroatoms. The van der Waals surface area contributed by atoms with Gasteiger partial charge in [-0.3, -0.25) is 14.5 Å². The van der Waals surface area contributed by atoms with Crippen LogP contribution in [-0.4, -0.2) is 24.6 Å². The molecule has 0 saturated heterocycles. The van der Waals surface area contributed by atoms with Crippen LogP contribution in [0.15, 0.2) is 152 Å². The molecule has 0 bridgehead atoms. The Kier molecular flexibility index (Phi) is 8.04. The number of rotatable bonds is 6. The van der Waals surface area contributed by atoms with Crippen molar-refractivity contribution in [2.45, 2.75) is 33.1 Å². The maximum absolute atomic E-state index is 11.6. The maximum atomic E-state index is 11.6. The third kappa shape index (κ3) is 5.97. The number of phenols is 1. The molecule has 0 aliphatic rings. The molecule has 0 aliphatic heterocycles. The summed E-state index contributed by atoms with van der Waals surface area (Å²) < 4.78 is 2.11. The maximum Gasteiger partial charge on any atom is 0.149 e. The van der Waals surface area contributed by atoms with E-state index in [2.05, 4.69) is 123 Å². The first-order chi connectivity index (χ1) is 24.8. The van der Waals surface area contributed by atoms with Gasteiger partial charge in [0.05, 0.1) is 22.5 Å². The molecule has 0 atom stereocenters. The van der Waals surface area contributed by atoms with E-state index in [9.17, 15) is 5.11 Å². The molecule has 8 rings (SSSR count). The minimum Gasteiger partial charge on any atom is -0.507 e. The summed E-state index contributed by atoms with van der Waals surface area (Å²) in [6, 6.07) is 47.8. The van der Waals surface area contributed by atoms with Crippen molar-refractivity contribution < 1.29 is 5.11 Å². The van der Waals surface area contributed by atoms with Crippen molar-refractivity contribution in [1.82, 2.24) is 19.5 Å². The highest BCUT2D eigenvalue weighted by Crippen LogP contribution is 2.41. The van der Waals surface area contributed by atoms with Crippen molar-refractivity contribution in [3.63, 3.8) is 0 Å². The minimum absolute atomic E-state index is 0.241. The van der Waals surface area contributed by atoms with Crippen molar-refractivity contribution in [3.8, 4) is 67.6 Å². The standard InChI is InChI=1S/C46H38N4O/c1-30-29-48-40(28-38(30)33-23-21-32(22-24-33)31-13-7-5-8-14-31)34-15-11-16-35(27-34)42-43-41(25-26-47-42)50(36-17-9-6-10-18-36)45(49-43)37-19-12-20-39(44(37)51)46(2,3)4/h5-29,51H,1-4H3. The Morgan fingerprint density at radius 3 is 1.98 bits per heavy atom. The first-order valence-electron chi connectivity index (χ1n) is 17.3. The molecule has 0 unspecified atom stereocenters. The molecule has 0 spiro atoms. The number of imidazole rings is 1. The van der Waals surface area contributed by atoms with Gasteiger partial charge in [-0.15, -0.1) is 0 Å². The van der Waals surface area contributed by atoms with Gasteiger partial charge in [0.15, 0.2) is 0 Å². The van der Waals surface area contributed by atoms with E-state index in [0.29, 0.717) is 11.4 Å². The van der Waals surface area contributed by atoms with Gasteiger partial charge < -0.3 is 5.11 Å². The van der Waals surface area contributed by atoms with E-state index in [1.165, 1.54) is 11.1 Å². The lowest BCUT2D eigenvalue weighted by molar-refractivity contribution is 0.448. The SMILES string of the molecule is Cc1cnc(-c2cccc(-c3nccc4c3nc(-c3cccc(C(C)(C)C)c3O)n4-c3ccccc3)c2)cc1-c1ccc(-c2ccccc2)cc1. The Morgan fingerprint density at radius 1 is 0.588 bits per heavy atom. The fraction of sp³-hybridized carbons (Fsp3) is 0.109. The molecule has 0 radical (unpaired) electrons. The number of para-hydroxylation sites is 2. The second-order valence-electron chi connectivity index (χ2n) is 14.0. The van der Waals surface area contributed by atoms with Crippen LogP contribution < -0.4 is 0 Å². The molecular weight excluding hydrogens is 625 g/mol. The second kappa shape index (κ2) is 12.8. The molecule has 248 valence electrons. The smallest absolute Gasteiger partial charge is 0.149 e. The van der Waals surface area contributed by atoms with Gasteiger partial charge in [-0.05, 0) is 82.1 Å². The molecule has 51 heavy (non-hydrogen) atoms. The molecule has 0 saturated carbocycles. The zero-order chi connectivity index (χ0) is 35.1. The molecule has 5 nitrogen and oxygen atoms in total.